The second kappa shape index (κ2) is 5.05. The number of hydrogen-bond donors (Lipinski definition) is 0. The minimum atomic E-state index is 0.671. The summed E-state index contributed by atoms with van der Waals surface area (Å²) in [6.45, 7) is 0. The first-order valence-corrected chi connectivity index (χ1v) is 7.02. The van der Waals surface area contributed by atoms with Crippen LogP contribution < -0.4 is 4.74 Å². The number of halogens is 1. The van der Waals surface area contributed by atoms with Gasteiger partial charge in [0.1, 0.15) is 17.2 Å². The van der Waals surface area contributed by atoms with Crippen LogP contribution in [0.4, 0.5) is 0 Å². The Morgan fingerprint density at radius 3 is 2.63 bits per heavy atom. The monoisotopic (exact) mass is 317 g/mol. The quantitative estimate of drug-likeness (QED) is 0.672. The average Bonchev–Trinajstić information content (AvgIpc) is 2.95. The van der Waals surface area contributed by atoms with Crippen LogP contribution in [0, 0.1) is 0 Å². The lowest BCUT2D eigenvalue weighted by molar-refractivity contribution is 0.398. The van der Waals surface area contributed by atoms with E-state index in [1.54, 1.807) is 7.11 Å². The maximum absolute atomic E-state index is 5.22. The Hall–Kier alpha value is -1.81. The smallest absolute Gasteiger partial charge is 0.147 e. The summed E-state index contributed by atoms with van der Waals surface area (Å²) in [6, 6.07) is 14.2. The SMILES string of the molecule is COc1ccc2cc(-c3cc(CBr)on3)ccc2c1. The fourth-order valence-corrected chi connectivity index (χ4v) is 2.29. The van der Waals surface area contributed by atoms with Crippen LogP contribution in [0.5, 0.6) is 5.75 Å². The lowest BCUT2D eigenvalue weighted by Gasteiger charge is -2.03. The Kier molecular flexibility index (Phi) is 3.25. The maximum Gasteiger partial charge on any atom is 0.147 e. The van der Waals surface area contributed by atoms with Gasteiger partial charge in [-0.2, -0.15) is 0 Å². The van der Waals surface area contributed by atoms with Crippen molar-refractivity contribution in [2.45, 2.75) is 5.33 Å². The third-order valence-electron chi connectivity index (χ3n) is 3.03. The molecule has 0 aliphatic rings. The lowest BCUT2D eigenvalue weighted by Crippen LogP contribution is -1.83. The van der Waals surface area contributed by atoms with Gasteiger partial charge in [-0.3, -0.25) is 0 Å². The topological polar surface area (TPSA) is 35.3 Å². The van der Waals surface area contributed by atoms with Crippen LogP contribution in [0.3, 0.4) is 0 Å². The molecule has 0 fully saturated rings. The highest BCUT2D eigenvalue weighted by Gasteiger charge is 2.06. The summed E-state index contributed by atoms with van der Waals surface area (Å²) in [6.07, 6.45) is 0. The third kappa shape index (κ3) is 2.36. The Morgan fingerprint density at radius 1 is 1.11 bits per heavy atom. The number of benzene rings is 2. The first kappa shape index (κ1) is 12.2. The van der Waals surface area contributed by atoms with Gasteiger partial charge in [-0.15, -0.1) is 0 Å². The van der Waals surface area contributed by atoms with Gasteiger partial charge in [0.2, 0.25) is 0 Å². The van der Waals surface area contributed by atoms with Gasteiger partial charge >= 0.3 is 0 Å². The van der Waals surface area contributed by atoms with E-state index in [9.17, 15) is 0 Å². The fourth-order valence-electron chi connectivity index (χ4n) is 2.02. The molecule has 0 aliphatic carbocycles. The van der Waals surface area contributed by atoms with Crippen molar-refractivity contribution in [2.75, 3.05) is 7.11 Å². The minimum absolute atomic E-state index is 0.671. The van der Waals surface area contributed by atoms with Gasteiger partial charge in [0.15, 0.2) is 0 Å². The molecular formula is C15H12BrNO2. The number of rotatable bonds is 3. The highest BCUT2D eigenvalue weighted by molar-refractivity contribution is 9.08. The van der Waals surface area contributed by atoms with Gasteiger partial charge in [0.25, 0.3) is 0 Å². The number of aromatic nitrogens is 1. The zero-order valence-electron chi connectivity index (χ0n) is 10.4. The first-order chi connectivity index (χ1) is 9.30. The van der Waals surface area contributed by atoms with E-state index in [1.807, 2.05) is 30.3 Å². The Labute approximate surface area is 119 Å². The van der Waals surface area contributed by atoms with E-state index >= 15 is 0 Å². The van der Waals surface area contributed by atoms with Crippen LogP contribution in [-0.2, 0) is 5.33 Å². The third-order valence-corrected chi connectivity index (χ3v) is 3.59. The normalized spacial score (nSPS) is 10.8. The molecule has 0 unspecified atom stereocenters. The molecule has 1 aromatic heterocycles. The molecule has 0 aliphatic heterocycles. The number of ether oxygens (including phenoxy) is 1. The van der Waals surface area contributed by atoms with Crippen molar-refractivity contribution in [2.24, 2.45) is 0 Å². The summed E-state index contributed by atoms with van der Waals surface area (Å²) in [5.74, 6) is 1.69. The lowest BCUT2D eigenvalue weighted by atomic mass is 10.0. The predicted octanol–water partition coefficient (Wildman–Crippen LogP) is 4.40. The molecule has 3 nitrogen and oxygen atoms in total. The van der Waals surface area contributed by atoms with Gasteiger partial charge in [-0.1, -0.05) is 39.3 Å². The summed E-state index contributed by atoms with van der Waals surface area (Å²) in [5, 5.41) is 7.04. The van der Waals surface area contributed by atoms with E-state index in [-0.39, 0.29) is 0 Å². The average molecular weight is 318 g/mol. The molecule has 96 valence electrons. The molecule has 4 heteroatoms. The van der Waals surface area contributed by atoms with Crippen molar-refractivity contribution in [1.82, 2.24) is 5.16 Å². The van der Waals surface area contributed by atoms with Crippen LogP contribution in [0.2, 0.25) is 0 Å². The van der Waals surface area contributed by atoms with Crippen molar-refractivity contribution in [3.8, 4) is 17.0 Å². The number of alkyl halides is 1. The van der Waals surface area contributed by atoms with Crippen LogP contribution >= 0.6 is 15.9 Å². The second-order valence-corrected chi connectivity index (χ2v) is 4.80. The second-order valence-electron chi connectivity index (χ2n) is 4.24. The highest BCUT2D eigenvalue weighted by Crippen LogP contribution is 2.27. The van der Waals surface area contributed by atoms with Gasteiger partial charge in [0, 0.05) is 11.6 Å². The Bertz CT molecular complexity index is 721. The molecule has 0 radical (unpaired) electrons. The fraction of sp³-hybridized carbons (Fsp3) is 0.133. The predicted molar refractivity (Wildman–Crippen MR) is 78.6 cm³/mol. The van der Waals surface area contributed by atoms with Crippen molar-refractivity contribution in [3.05, 3.63) is 48.2 Å². The van der Waals surface area contributed by atoms with E-state index in [0.717, 1.165) is 33.5 Å². The highest BCUT2D eigenvalue weighted by atomic mass is 79.9. The molecule has 2 aromatic carbocycles. The summed E-state index contributed by atoms with van der Waals surface area (Å²) in [5.41, 5.74) is 1.90. The van der Waals surface area contributed by atoms with E-state index in [1.165, 1.54) is 0 Å². The van der Waals surface area contributed by atoms with E-state index in [0.29, 0.717) is 5.33 Å². The molecule has 0 saturated heterocycles. The van der Waals surface area contributed by atoms with Crippen molar-refractivity contribution in [1.29, 1.82) is 0 Å². The molecule has 1 heterocycles. The molecule has 0 bridgehead atoms. The van der Waals surface area contributed by atoms with E-state index in [4.69, 9.17) is 9.26 Å². The number of methoxy groups -OCH3 is 1. The minimum Gasteiger partial charge on any atom is -0.497 e. The molecule has 0 atom stereocenters. The summed E-state index contributed by atoms with van der Waals surface area (Å²) < 4.78 is 10.4. The largest absolute Gasteiger partial charge is 0.497 e. The van der Waals surface area contributed by atoms with Gasteiger partial charge in [-0.25, -0.2) is 0 Å². The van der Waals surface area contributed by atoms with Crippen LogP contribution in [-0.4, -0.2) is 12.3 Å². The summed E-state index contributed by atoms with van der Waals surface area (Å²) in [4.78, 5) is 0. The maximum atomic E-state index is 5.22. The van der Waals surface area contributed by atoms with Gasteiger partial charge in [0.05, 0.1) is 12.4 Å². The molecular weight excluding hydrogens is 306 g/mol. The molecule has 3 aromatic rings. The molecule has 3 rings (SSSR count). The Morgan fingerprint density at radius 2 is 1.89 bits per heavy atom. The molecule has 0 spiro atoms. The summed E-state index contributed by atoms with van der Waals surface area (Å²) >= 11 is 3.35. The van der Waals surface area contributed by atoms with Gasteiger partial charge in [-0.05, 0) is 29.0 Å². The molecule has 0 saturated carbocycles. The Balaban J connectivity index is 2.06. The zero-order chi connectivity index (χ0) is 13.2. The van der Waals surface area contributed by atoms with Crippen LogP contribution in [0.25, 0.3) is 22.0 Å². The molecule has 0 N–H and O–H groups in total. The first-order valence-electron chi connectivity index (χ1n) is 5.90. The summed E-state index contributed by atoms with van der Waals surface area (Å²) in [7, 11) is 1.67. The standard InChI is InChI=1S/C15H12BrNO2/c1-18-13-5-4-10-6-12(3-2-11(10)7-13)15-8-14(9-16)19-17-15/h2-8H,9H2,1H3. The van der Waals surface area contributed by atoms with Crippen molar-refractivity contribution in [3.63, 3.8) is 0 Å². The van der Waals surface area contributed by atoms with E-state index < -0.39 is 0 Å². The number of fused-ring (bicyclic) bond motifs is 1. The zero-order valence-corrected chi connectivity index (χ0v) is 12.0. The van der Waals surface area contributed by atoms with Crippen molar-refractivity contribution >= 4 is 26.7 Å². The number of hydrogen-bond acceptors (Lipinski definition) is 3. The number of nitrogens with zero attached hydrogens (tertiary/aromatic N) is 1. The molecule has 0 amide bonds. The van der Waals surface area contributed by atoms with Crippen LogP contribution in [0.1, 0.15) is 5.76 Å². The van der Waals surface area contributed by atoms with E-state index in [2.05, 4.69) is 33.2 Å². The van der Waals surface area contributed by atoms with Gasteiger partial charge < -0.3 is 9.26 Å². The van der Waals surface area contributed by atoms with Crippen LogP contribution in [0.15, 0.2) is 47.0 Å². The van der Waals surface area contributed by atoms with Crippen molar-refractivity contribution < 1.29 is 9.26 Å². The molecule has 19 heavy (non-hydrogen) atoms.